The van der Waals surface area contributed by atoms with Gasteiger partial charge in [-0.1, -0.05) is 13.8 Å². The van der Waals surface area contributed by atoms with Gasteiger partial charge in [0, 0.05) is 5.92 Å². The Hall–Kier alpha value is -0.370. The highest BCUT2D eigenvalue weighted by molar-refractivity contribution is 5.79. The number of ketones is 1. The SMILES string of the molecule is CC(=O)[C@H]1CC[C@H]2[C@@H]3C[C@@H](C)[C@@H]4C[C@](C)(O)CC[C@@H]4[C@H]3CC[C@]12C. The summed E-state index contributed by atoms with van der Waals surface area (Å²) in [5, 5.41) is 10.6. The number of carbonyl (C=O) groups excluding carboxylic acids is 1. The summed E-state index contributed by atoms with van der Waals surface area (Å²) < 4.78 is 0. The molecule has 0 unspecified atom stereocenters. The van der Waals surface area contributed by atoms with Gasteiger partial charge >= 0.3 is 0 Å². The summed E-state index contributed by atoms with van der Waals surface area (Å²) in [6, 6.07) is 0. The standard InChI is InChI=1S/C22H36O2/c1-13-11-17-15(16-7-9-21(3,24)12-18(13)16)8-10-22(4)19(14(2)23)5-6-20(17)22/h13,15-20,24H,5-12H2,1-4H3/t13-,15-,16-,17-,18+,19-,20+,21-,22-/m1/s1. The first kappa shape index (κ1) is 17.1. The Balaban J connectivity index is 1.60. The fourth-order valence-corrected chi connectivity index (χ4v) is 8.07. The molecule has 0 aromatic carbocycles. The highest BCUT2D eigenvalue weighted by Crippen LogP contribution is 2.65. The van der Waals surface area contributed by atoms with Gasteiger partial charge in [0.1, 0.15) is 5.78 Å². The topological polar surface area (TPSA) is 37.3 Å². The molecule has 136 valence electrons. The molecular weight excluding hydrogens is 296 g/mol. The van der Waals surface area contributed by atoms with Crippen LogP contribution in [0.5, 0.6) is 0 Å². The Morgan fingerprint density at radius 1 is 0.958 bits per heavy atom. The van der Waals surface area contributed by atoms with Crippen molar-refractivity contribution in [1.82, 2.24) is 0 Å². The van der Waals surface area contributed by atoms with Gasteiger partial charge in [-0.25, -0.2) is 0 Å². The van der Waals surface area contributed by atoms with Crippen molar-refractivity contribution < 1.29 is 9.90 Å². The molecule has 0 aliphatic heterocycles. The number of hydrogen-bond acceptors (Lipinski definition) is 2. The first-order valence-electron chi connectivity index (χ1n) is 10.5. The van der Waals surface area contributed by atoms with E-state index in [4.69, 9.17) is 0 Å². The van der Waals surface area contributed by atoms with Crippen LogP contribution in [0, 0.1) is 46.8 Å². The van der Waals surface area contributed by atoms with Crippen molar-refractivity contribution in [3.05, 3.63) is 0 Å². The predicted octanol–water partition coefficient (Wildman–Crippen LogP) is 4.84. The molecule has 0 spiro atoms. The minimum atomic E-state index is -0.432. The van der Waals surface area contributed by atoms with Crippen molar-refractivity contribution in [3.8, 4) is 0 Å². The molecule has 4 rings (SSSR count). The van der Waals surface area contributed by atoms with E-state index >= 15 is 0 Å². The number of carbonyl (C=O) groups is 1. The van der Waals surface area contributed by atoms with Crippen molar-refractivity contribution >= 4 is 5.78 Å². The van der Waals surface area contributed by atoms with E-state index < -0.39 is 5.60 Å². The molecule has 4 aliphatic rings. The zero-order chi connectivity index (χ0) is 17.3. The van der Waals surface area contributed by atoms with Gasteiger partial charge in [0.2, 0.25) is 0 Å². The molecular formula is C22H36O2. The molecule has 0 heterocycles. The normalized spacial score (nSPS) is 57.0. The number of aliphatic hydroxyl groups is 1. The van der Waals surface area contributed by atoms with E-state index in [-0.39, 0.29) is 5.41 Å². The van der Waals surface area contributed by atoms with Gasteiger partial charge in [0.25, 0.3) is 0 Å². The van der Waals surface area contributed by atoms with E-state index in [0.717, 1.165) is 54.8 Å². The summed E-state index contributed by atoms with van der Waals surface area (Å²) in [6.45, 7) is 8.76. The molecule has 4 aliphatic carbocycles. The minimum absolute atomic E-state index is 0.277. The number of hydrogen-bond donors (Lipinski definition) is 1. The van der Waals surface area contributed by atoms with Crippen LogP contribution in [-0.2, 0) is 4.79 Å². The first-order chi connectivity index (χ1) is 11.2. The van der Waals surface area contributed by atoms with Gasteiger partial charge in [-0.15, -0.1) is 0 Å². The van der Waals surface area contributed by atoms with E-state index in [1.54, 1.807) is 0 Å². The van der Waals surface area contributed by atoms with Crippen LogP contribution in [0.3, 0.4) is 0 Å². The molecule has 0 saturated heterocycles. The smallest absolute Gasteiger partial charge is 0.133 e. The van der Waals surface area contributed by atoms with E-state index in [1.807, 2.05) is 13.8 Å². The molecule has 24 heavy (non-hydrogen) atoms. The van der Waals surface area contributed by atoms with Crippen molar-refractivity contribution in [1.29, 1.82) is 0 Å². The summed E-state index contributed by atoms with van der Waals surface area (Å²) in [6.07, 6.45) is 9.58. The monoisotopic (exact) mass is 332 g/mol. The Kier molecular flexibility index (Phi) is 3.95. The van der Waals surface area contributed by atoms with Gasteiger partial charge in [-0.2, -0.15) is 0 Å². The maximum atomic E-state index is 12.2. The average Bonchev–Trinajstić information content (AvgIpc) is 2.85. The van der Waals surface area contributed by atoms with Crippen LogP contribution in [0.25, 0.3) is 0 Å². The molecule has 9 atom stereocenters. The lowest BCUT2D eigenvalue weighted by Crippen LogP contribution is -2.53. The molecule has 0 aromatic rings. The number of rotatable bonds is 1. The maximum Gasteiger partial charge on any atom is 0.133 e. The van der Waals surface area contributed by atoms with E-state index in [2.05, 4.69) is 13.8 Å². The fraction of sp³-hybridized carbons (Fsp3) is 0.955. The Morgan fingerprint density at radius 2 is 1.62 bits per heavy atom. The second-order valence-corrected chi connectivity index (χ2v) is 10.5. The fourth-order valence-electron chi connectivity index (χ4n) is 8.07. The molecule has 4 saturated carbocycles. The molecule has 2 heteroatoms. The molecule has 1 N–H and O–H groups in total. The lowest BCUT2D eigenvalue weighted by atomic mass is 9.47. The van der Waals surface area contributed by atoms with Crippen molar-refractivity contribution in [2.45, 2.75) is 84.7 Å². The summed E-state index contributed by atoms with van der Waals surface area (Å²) in [7, 11) is 0. The zero-order valence-corrected chi connectivity index (χ0v) is 16.1. The number of Topliss-reactive ketones (excluding diaryl/α,β-unsaturated/α-hetero) is 1. The summed E-state index contributed by atoms with van der Waals surface area (Å²) in [5.74, 6) is 5.54. The first-order valence-corrected chi connectivity index (χ1v) is 10.5. The molecule has 0 bridgehead atoms. The summed E-state index contributed by atoms with van der Waals surface area (Å²) in [5.41, 5.74) is -0.155. The van der Waals surface area contributed by atoms with Gasteiger partial charge in [-0.05, 0) is 106 Å². The highest BCUT2D eigenvalue weighted by Gasteiger charge is 2.59. The second-order valence-electron chi connectivity index (χ2n) is 10.5. The van der Waals surface area contributed by atoms with Crippen LogP contribution in [0.15, 0.2) is 0 Å². The lowest BCUT2D eigenvalue weighted by Gasteiger charge is -2.58. The third kappa shape index (κ3) is 2.42. The third-order valence-electron chi connectivity index (χ3n) is 9.15. The van der Waals surface area contributed by atoms with Crippen molar-refractivity contribution in [2.24, 2.45) is 46.8 Å². The second kappa shape index (κ2) is 5.56. The minimum Gasteiger partial charge on any atom is -0.390 e. The summed E-state index contributed by atoms with van der Waals surface area (Å²) >= 11 is 0. The van der Waals surface area contributed by atoms with Gasteiger partial charge in [-0.3, -0.25) is 4.79 Å². The molecule has 0 amide bonds. The lowest BCUT2D eigenvalue weighted by molar-refractivity contribution is -0.134. The molecule has 0 aromatic heterocycles. The third-order valence-corrected chi connectivity index (χ3v) is 9.15. The Morgan fingerprint density at radius 3 is 2.33 bits per heavy atom. The Labute approximate surface area is 147 Å². The average molecular weight is 333 g/mol. The van der Waals surface area contributed by atoms with Crippen LogP contribution >= 0.6 is 0 Å². The van der Waals surface area contributed by atoms with Crippen LogP contribution in [-0.4, -0.2) is 16.5 Å². The van der Waals surface area contributed by atoms with Gasteiger partial charge in [0.05, 0.1) is 5.60 Å². The Bertz CT molecular complexity index is 524. The van der Waals surface area contributed by atoms with E-state index in [9.17, 15) is 9.90 Å². The van der Waals surface area contributed by atoms with Crippen molar-refractivity contribution in [3.63, 3.8) is 0 Å². The molecule has 2 nitrogen and oxygen atoms in total. The van der Waals surface area contributed by atoms with Crippen molar-refractivity contribution in [2.75, 3.05) is 0 Å². The van der Waals surface area contributed by atoms with Crippen LogP contribution < -0.4 is 0 Å². The van der Waals surface area contributed by atoms with Crippen LogP contribution in [0.4, 0.5) is 0 Å². The highest BCUT2D eigenvalue weighted by atomic mass is 16.3. The van der Waals surface area contributed by atoms with Gasteiger partial charge in [0.15, 0.2) is 0 Å². The van der Waals surface area contributed by atoms with Gasteiger partial charge < -0.3 is 5.11 Å². The number of fused-ring (bicyclic) bond motifs is 5. The molecule has 0 radical (unpaired) electrons. The van der Waals surface area contributed by atoms with E-state index in [1.165, 1.54) is 32.1 Å². The summed E-state index contributed by atoms with van der Waals surface area (Å²) in [4.78, 5) is 12.2. The predicted molar refractivity (Wildman–Crippen MR) is 96.5 cm³/mol. The van der Waals surface area contributed by atoms with Crippen LogP contribution in [0.2, 0.25) is 0 Å². The maximum absolute atomic E-state index is 12.2. The van der Waals surface area contributed by atoms with Crippen LogP contribution in [0.1, 0.15) is 79.1 Å². The quantitative estimate of drug-likeness (QED) is 0.746. The largest absolute Gasteiger partial charge is 0.390 e. The molecule has 4 fully saturated rings. The zero-order valence-electron chi connectivity index (χ0n) is 16.1. The van der Waals surface area contributed by atoms with E-state index in [0.29, 0.717) is 11.7 Å².